The minimum atomic E-state index is -0.825. The second kappa shape index (κ2) is 9.51. The van der Waals surface area contributed by atoms with Crippen LogP contribution in [0.5, 0.6) is 0 Å². The fourth-order valence-electron chi connectivity index (χ4n) is 5.28. The van der Waals surface area contributed by atoms with Gasteiger partial charge in [-0.3, -0.25) is 4.79 Å². The Bertz CT molecular complexity index is 1130. The van der Waals surface area contributed by atoms with Crippen LogP contribution in [0.2, 0.25) is 0 Å². The van der Waals surface area contributed by atoms with Crippen molar-refractivity contribution in [2.24, 2.45) is 0 Å². The maximum Gasteiger partial charge on any atom is 0.251 e. The summed E-state index contributed by atoms with van der Waals surface area (Å²) in [7, 11) is 0. The van der Waals surface area contributed by atoms with Gasteiger partial charge in [-0.05, 0) is 61.4 Å². The summed E-state index contributed by atoms with van der Waals surface area (Å²) >= 11 is 0. The van der Waals surface area contributed by atoms with Gasteiger partial charge in [0.2, 0.25) is 0 Å². The van der Waals surface area contributed by atoms with Crippen LogP contribution in [0.3, 0.4) is 0 Å². The van der Waals surface area contributed by atoms with Crippen molar-refractivity contribution in [2.45, 2.75) is 62.6 Å². The third kappa shape index (κ3) is 4.74. The third-order valence-corrected chi connectivity index (χ3v) is 7.02. The van der Waals surface area contributed by atoms with Crippen LogP contribution in [0.15, 0.2) is 77.6 Å². The number of aromatic nitrogens is 1. The molecule has 0 aliphatic carbocycles. The normalized spacial score (nSPS) is 23.8. The first kappa shape index (κ1) is 21.9. The lowest BCUT2D eigenvalue weighted by molar-refractivity contribution is 0.135. The van der Waals surface area contributed by atoms with E-state index in [1.54, 1.807) is 16.7 Å². The van der Waals surface area contributed by atoms with Crippen molar-refractivity contribution in [2.75, 3.05) is 5.32 Å². The van der Waals surface area contributed by atoms with Crippen LogP contribution in [0, 0.1) is 0 Å². The summed E-state index contributed by atoms with van der Waals surface area (Å²) in [5.41, 5.74) is 3.91. The first-order valence-electron chi connectivity index (χ1n) is 11.8. The maximum atomic E-state index is 12.2. The van der Waals surface area contributed by atoms with Gasteiger partial charge in [0.1, 0.15) is 6.23 Å². The van der Waals surface area contributed by atoms with Gasteiger partial charge in [-0.15, -0.1) is 0 Å². The Balaban J connectivity index is 1.16. The van der Waals surface area contributed by atoms with Crippen molar-refractivity contribution < 1.29 is 10.2 Å². The van der Waals surface area contributed by atoms with Gasteiger partial charge < -0.3 is 25.4 Å². The van der Waals surface area contributed by atoms with Crippen LogP contribution < -0.4 is 16.2 Å². The third-order valence-electron chi connectivity index (χ3n) is 7.02. The molecule has 0 amide bonds. The molecule has 33 heavy (non-hydrogen) atoms. The molecule has 1 aromatic heterocycles. The zero-order valence-electron chi connectivity index (χ0n) is 18.6. The lowest BCUT2D eigenvalue weighted by Gasteiger charge is -2.23. The van der Waals surface area contributed by atoms with Gasteiger partial charge in [0.15, 0.2) is 0 Å². The summed E-state index contributed by atoms with van der Waals surface area (Å²) in [6, 6.07) is 23.4. The van der Waals surface area contributed by atoms with E-state index in [-0.39, 0.29) is 17.6 Å². The molecular formula is C27H31N3O3. The van der Waals surface area contributed by atoms with Crippen LogP contribution in [-0.4, -0.2) is 33.1 Å². The van der Waals surface area contributed by atoms with Gasteiger partial charge in [-0.2, -0.15) is 0 Å². The SMILES string of the molecule is O=c1cccc2n1[C@@H](C(O)Nc1ccc(C[C@@H]3CC[C@H]([C@H](O)c4ccccc4)N3)cc1)CC2. The Morgan fingerprint density at radius 3 is 2.52 bits per heavy atom. The number of hydrogen-bond acceptors (Lipinski definition) is 5. The average Bonchev–Trinajstić information content (AvgIpc) is 3.49. The number of nitrogens with zero attached hydrogens (tertiary/aromatic N) is 1. The molecule has 1 unspecified atom stereocenters. The quantitative estimate of drug-likeness (QED) is 0.420. The average molecular weight is 446 g/mol. The molecule has 2 aliphatic heterocycles. The van der Waals surface area contributed by atoms with E-state index < -0.39 is 12.3 Å². The standard InChI is InChI=1S/C27H31N3O3/c31-25-8-4-7-22-14-16-24(30(22)25)27(33)29-20-11-9-18(10-12-20)17-21-13-15-23(28-21)26(32)19-5-2-1-3-6-19/h1-12,21,23-24,26-29,32-33H,13-17H2/t21-,23+,24+,26+,27?/m0/s1. The smallest absolute Gasteiger partial charge is 0.251 e. The Hall–Kier alpha value is -2.93. The molecule has 2 aromatic carbocycles. The number of anilines is 1. The fourth-order valence-corrected chi connectivity index (χ4v) is 5.28. The summed E-state index contributed by atoms with van der Waals surface area (Å²) in [6.07, 6.45) is 3.11. The molecule has 6 nitrogen and oxygen atoms in total. The Morgan fingerprint density at radius 1 is 0.939 bits per heavy atom. The van der Waals surface area contributed by atoms with E-state index in [1.165, 1.54) is 5.56 Å². The Morgan fingerprint density at radius 2 is 1.73 bits per heavy atom. The highest BCUT2D eigenvalue weighted by atomic mass is 16.3. The number of benzene rings is 2. The van der Waals surface area contributed by atoms with Crippen LogP contribution in [0.1, 0.15) is 48.2 Å². The topological polar surface area (TPSA) is 86.5 Å². The van der Waals surface area contributed by atoms with Crippen LogP contribution >= 0.6 is 0 Å². The molecule has 5 rings (SSSR count). The summed E-state index contributed by atoms with van der Waals surface area (Å²) in [5, 5.41) is 28.2. The molecule has 1 fully saturated rings. The molecule has 0 bridgehead atoms. The second-order valence-corrected chi connectivity index (χ2v) is 9.22. The van der Waals surface area contributed by atoms with E-state index in [0.29, 0.717) is 6.04 Å². The number of aliphatic hydroxyl groups is 2. The number of aryl methyl sites for hydroxylation is 1. The van der Waals surface area contributed by atoms with E-state index in [2.05, 4.69) is 22.8 Å². The maximum absolute atomic E-state index is 12.2. The van der Waals surface area contributed by atoms with Gasteiger partial charge in [-0.1, -0.05) is 48.5 Å². The predicted octanol–water partition coefficient (Wildman–Crippen LogP) is 3.16. The second-order valence-electron chi connectivity index (χ2n) is 9.22. The van der Waals surface area contributed by atoms with E-state index in [4.69, 9.17) is 0 Å². The van der Waals surface area contributed by atoms with E-state index >= 15 is 0 Å². The highest BCUT2D eigenvalue weighted by Crippen LogP contribution is 2.29. The van der Waals surface area contributed by atoms with Gasteiger partial charge in [-0.25, -0.2) is 0 Å². The van der Waals surface area contributed by atoms with Crippen molar-refractivity contribution in [3.05, 3.63) is 100.0 Å². The zero-order chi connectivity index (χ0) is 22.8. The van der Waals surface area contributed by atoms with Gasteiger partial charge in [0.05, 0.1) is 12.1 Å². The van der Waals surface area contributed by atoms with Crippen molar-refractivity contribution in [3.63, 3.8) is 0 Å². The zero-order valence-corrected chi connectivity index (χ0v) is 18.6. The molecule has 0 saturated carbocycles. The van der Waals surface area contributed by atoms with Crippen molar-refractivity contribution in [1.29, 1.82) is 0 Å². The lowest BCUT2D eigenvalue weighted by atomic mass is 10.0. The van der Waals surface area contributed by atoms with Gasteiger partial charge in [0, 0.05) is 29.5 Å². The Labute approximate surface area is 193 Å². The van der Waals surface area contributed by atoms with E-state index in [1.807, 2.05) is 48.5 Å². The first-order chi connectivity index (χ1) is 16.1. The number of pyridine rings is 1. The van der Waals surface area contributed by atoms with Crippen molar-refractivity contribution >= 4 is 5.69 Å². The molecule has 0 spiro atoms. The number of aliphatic hydroxyl groups excluding tert-OH is 2. The number of fused-ring (bicyclic) bond motifs is 1. The number of rotatable bonds is 7. The summed E-state index contributed by atoms with van der Waals surface area (Å²) in [6.45, 7) is 0. The minimum absolute atomic E-state index is 0.0639. The number of hydrogen-bond donors (Lipinski definition) is 4. The minimum Gasteiger partial charge on any atom is -0.387 e. The largest absolute Gasteiger partial charge is 0.387 e. The predicted molar refractivity (Wildman–Crippen MR) is 129 cm³/mol. The van der Waals surface area contributed by atoms with Crippen LogP contribution in [-0.2, 0) is 12.8 Å². The van der Waals surface area contributed by atoms with Gasteiger partial charge in [0.25, 0.3) is 5.56 Å². The molecule has 0 radical (unpaired) electrons. The molecule has 3 heterocycles. The fraction of sp³-hybridized carbons (Fsp3) is 0.370. The molecule has 5 atom stereocenters. The van der Waals surface area contributed by atoms with E-state index in [9.17, 15) is 15.0 Å². The highest BCUT2D eigenvalue weighted by Gasteiger charge is 2.30. The van der Waals surface area contributed by atoms with Gasteiger partial charge >= 0.3 is 0 Å². The summed E-state index contributed by atoms with van der Waals surface area (Å²) in [4.78, 5) is 12.2. The Kier molecular flexibility index (Phi) is 6.31. The molecule has 1 saturated heterocycles. The molecule has 2 aliphatic rings. The molecule has 172 valence electrons. The molecule has 3 aromatic rings. The molecular weight excluding hydrogens is 414 g/mol. The summed E-state index contributed by atoms with van der Waals surface area (Å²) in [5.74, 6) is 0. The highest BCUT2D eigenvalue weighted by molar-refractivity contribution is 5.45. The van der Waals surface area contributed by atoms with Crippen molar-refractivity contribution in [3.8, 4) is 0 Å². The van der Waals surface area contributed by atoms with E-state index in [0.717, 1.165) is 49.0 Å². The molecule has 6 heteroatoms. The molecule has 4 N–H and O–H groups in total. The lowest BCUT2D eigenvalue weighted by Crippen LogP contribution is -2.35. The van der Waals surface area contributed by atoms with Crippen LogP contribution in [0.25, 0.3) is 0 Å². The van der Waals surface area contributed by atoms with Crippen LogP contribution in [0.4, 0.5) is 5.69 Å². The van der Waals surface area contributed by atoms with Crippen molar-refractivity contribution in [1.82, 2.24) is 9.88 Å². The first-order valence-corrected chi connectivity index (χ1v) is 11.8. The number of nitrogens with one attached hydrogen (secondary N) is 2. The monoisotopic (exact) mass is 445 g/mol. The summed E-state index contributed by atoms with van der Waals surface area (Å²) < 4.78 is 1.71.